The Labute approximate surface area is 101 Å². The summed E-state index contributed by atoms with van der Waals surface area (Å²) in [5, 5.41) is 12.3. The Bertz CT molecular complexity index is 243. The Kier molecular flexibility index (Phi) is 7.42. The molecule has 0 fully saturated rings. The molecule has 0 aliphatic heterocycles. The fourth-order valence-corrected chi connectivity index (χ4v) is 2.03. The second-order valence-electron chi connectivity index (χ2n) is 4.17. The van der Waals surface area contributed by atoms with Gasteiger partial charge in [0.05, 0.1) is 12.0 Å². The summed E-state index contributed by atoms with van der Waals surface area (Å²) < 4.78 is 0. The molecule has 0 aromatic carbocycles. The molecule has 0 aliphatic rings. The second kappa shape index (κ2) is 7.68. The predicted molar refractivity (Wildman–Crippen MR) is 66.2 cm³/mol. The summed E-state index contributed by atoms with van der Waals surface area (Å²) in [7, 11) is 0. The molecule has 2 atom stereocenters. The van der Waals surface area contributed by atoms with Gasteiger partial charge in [-0.25, -0.2) is 0 Å². The summed E-state index contributed by atoms with van der Waals surface area (Å²) in [5.41, 5.74) is 0. The van der Waals surface area contributed by atoms with Gasteiger partial charge in [0.1, 0.15) is 0 Å². The van der Waals surface area contributed by atoms with Gasteiger partial charge in [-0.2, -0.15) is 0 Å². The third-order valence-electron chi connectivity index (χ3n) is 2.29. The molecule has 0 bridgehead atoms. The van der Waals surface area contributed by atoms with E-state index in [4.69, 9.17) is 0 Å². The van der Waals surface area contributed by atoms with Gasteiger partial charge in [0.15, 0.2) is 5.12 Å². The Balaban J connectivity index is 3.84. The van der Waals surface area contributed by atoms with Gasteiger partial charge in [0.25, 0.3) is 0 Å². The lowest BCUT2D eigenvalue weighted by molar-refractivity contribution is -0.119. The molecule has 0 saturated heterocycles. The number of hydrogen-bond donors (Lipinski definition) is 2. The number of aliphatic hydroxyl groups is 1. The van der Waals surface area contributed by atoms with Crippen LogP contribution in [0.2, 0.25) is 0 Å². The highest BCUT2D eigenvalue weighted by Gasteiger charge is 2.24. The minimum Gasteiger partial charge on any atom is -0.392 e. The molecule has 0 unspecified atom stereocenters. The minimum absolute atomic E-state index is 0.0217. The van der Waals surface area contributed by atoms with Crippen LogP contribution in [0.3, 0.4) is 0 Å². The van der Waals surface area contributed by atoms with Crippen LogP contribution in [-0.4, -0.2) is 34.5 Å². The van der Waals surface area contributed by atoms with E-state index in [0.29, 0.717) is 12.3 Å². The van der Waals surface area contributed by atoms with Crippen LogP contribution in [0.5, 0.6) is 0 Å². The molecule has 2 N–H and O–H groups in total. The van der Waals surface area contributed by atoms with Crippen molar-refractivity contribution in [2.45, 2.75) is 33.8 Å². The van der Waals surface area contributed by atoms with Crippen LogP contribution in [0.1, 0.15) is 27.7 Å². The van der Waals surface area contributed by atoms with E-state index in [9.17, 15) is 14.7 Å². The molecule has 1 amide bonds. The molecule has 0 saturated carbocycles. The highest BCUT2D eigenvalue weighted by Crippen LogP contribution is 2.19. The Hall–Kier alpha value is -0.550. The molecule has 5 heteroatoms. The third kappa shape index (κ3) is 6.12. The first-order valence-electron chi connectivity index (χ1n) is 5.45. The maximum Gasteiger partial charge on any atom is 0.216 e. The normalized spacial score (nSPS) is 14.6. The van der Waals surface area contributed by atoms with Crippen LogP contribution in [-0.2, 0) is 9.59 Å². The molecule has 4 nitrogen and oxygen atoms in total. The van der Waals surface area contributed by atoms with Gasteiger partial charge in [-0.1, -0.05) is 32.5 Å². The highest BCUT2D eigenvalue weighted by molar-refractivity contribution is 8.13. The van der Waals surface area contributed by atoms with Gasteiger partial charge in [0.2, 0.25) is 5.91 Å². The molecule has 0 aromatic heterocycles. The largest absolute Gasteiger partial charge is 0.392 e. The standard InChI is InChI=1S/C11H21NO3S/c1-7(2)10(14)8(3)11(15)16-6-5-12-9(4)13/h7-8,10,14H,5-6H2,1-4H3,(H,12,13)/t8-,10-/m0/s1. The van der Waals surface area contributed by atoms with E-state index in [0.717, 1.165) is 11.8 Å². The fourth-order valence-electron chi connectivity index (χ4n) is 1.23. The Morgan fingerprint density at radius 2 is 1.88 bits per heavy atom. The van der Waals surface area contributed by atoms with Crippen LogP contribution >= 0.6 is 11.8 Å². The third-order valence-corrected chi connectivity index (χ3v) is 3.35. The molecular formula is C11H21NO3S. The maximum absolute atomic E-state index is 11.6. The van der Waals surface area contributed by atoms with Crippen LogP contribution in [0, 0.1) is 11.8 Å². The molecule has 0 radical (unpaired) electrons. The van der Waals surface area contributed by atoms with Crippen LogP contribution in [0.4, 0.5) is 0 Å². The van der Waals surface area contributed by atoms with Gasteiger partial charge in [-0.15, -0.1) is 0 Å². The number of hydrogen-bond acceptors (Lipinski definition) is 4. The van der Waals surface area contributed by atoms with Gasteiger partial charge >= 0.3 is 0 Å². The lowest BCUT2D eigenvalue weighted by Gasteiger charge is -2.20. The average Bonchev–Trinajstić information content (AvgIpc) is 2.21. The van der Waals surface area contributed by atoms with Crippen LogP contribution in [0.25, 0.3) is 0 Å². The van der Waals surface area contributed by atoms with Crippen LogP contribution < -0.4 is 5.32 Å². The number of thioether (sulfide) groups is 1. The van der Waals surface area contributed by atoms with E-state index in [1.165, 1.54) is 6.92 Å². The minimum atomic E-state index is -0.597. The lowest BCUT2D eigenvalue weighted by Crippen LogP contribution is -2.29. The molecule has 0 aliphatic carbocycles. The van der Waals surface area contributed by atoms with Crippen molar-refractivity contribution in [3.8, 4) is 0 Å². The quantitative estimate of drug-likeness (QED) is 0.688. The van der Waals surface area contributed by atoms with E-state index in [1.54, 1.807) is 6.92 Å². The molecule has 0 aromatic rings. The molecule has 0 rings (SSSR count). The molecular weight excluding hydrogens is 226 g/mol. The molecule has 0 heterocycles. The van der Waals surface area contributed by atoms with Crippen molar-refractivity contribution in [1.29, 1.82) is 0 Å². The van der Waals surface area contributed by atoms with Crippen molar-refractivity contribution in [3.63, 3.8) is 0 Å². The zero-order chi connectivity index (χ0) is 12.7. The fraction of sp³-hybridized carbons (Fsp3) is 0.818. The van der Waals surface area contributed by atoms with Crippen molar-refractivity contribution in [1.82, 2.24) is 5.32 Å². The van der Waals surface area contributed by atoms with E-state index in [-0.39, 0.29) is 22.9 Å². The smallest absolute Gasteiger partial charge is 0.216 e. The first kappa shape index (κ1) is 15.4. The van der Waals surface area contributed by atoms with Crippen molar-refractivity contribution in [2.24, 2.45) is 11.8 Å². The topological polar surface area (TPSA) is 66.4 Å². The summed E-state index contributed by atoms with van der Waals surface area (Å²) in [6.45, 7) is 7.43. The zero-order valence-corrected chi connectivity index (χ0v) is 11.1. The summed E-state index contributed by atoms with van der Waals surface area (Å²) in [6, 6.07) is 0. The highest BCUT2D eigenvalue weighted by atomic mass is 32.2. The van der Waals surface area contributed by atoms with Gasteiger partial charge in [-0.05, 0) is 5.92 Å². The van der Waals surface area contributed by atoms with E-state index >= 15 is 0 Å². The molecule has 0 spiro atoms. The van der Waals surface area contributed by atoms with E-state index in [2.05, 4.69) is 5.32 Å². The van der Waals surface area contributed by atoms with E-state index in [1.807, 2.05) is 13.8 Å². The SMILES string of the molecule is CC(=O)NCCSC(=O)[C@@H](C)[C@@H](O)C(C)C. The lowest BCUT2D eigenvalue weighted by atomic mass is 9.96. The first-order chi connectivity index (χ1) is 7.36. The summed E-state index contributed by atoms with van der Waals surface area (Å²) in [6.07, 6.45) is -0.597. The summed E-state index contributed by atoms with van der Waals surface area (Å²) >= 11 is 1.16. The zero-order valence-electron chi connectivity index (χ0n) is 10.3. The van der Waals surface area contributed by atoms with Crippen molar-refractivity contribution in [2.75, 3.05) is 12.3 Å². The number of nitrogens with one attached hydrogen (secondary N) is 1. The average molecular weight is 247 g/mol. The van der Waals surface area contributed by atoms with Crippen molar-refractivity contribution < 1.29 is 14.7 Å². The Morgan fingerprint density at radius 3 is 2.31 bits per heavy atom. The summed E-state index contributed by atoms with van der Waals surface area (Å²) in [4.78, 5) is 22.2. The number of amides is 1. The first-order valence-corrected chi connectivity index (χ1v) is 6.44. The number of aliphatic hydroxyl groups excluding tert-OH is 1. The number of rotatable bonds is 6. The van der Waals surface area contributed by atoms with Crippen molar-refractivity contribution >= 4 is 22.8 Å². The monoisotopic (exact) mass is 247 g/mol. The number of carbonyl (C=O) groups excluding carboxylic acids is 2. The second-order valence-corrected chi connectivity index (χ2v) is 5.27. The van der Waals surface area contributed by atoms with Gasteiger partial charge in [0, 0.05) is 19.2 Å². The summed E-state index contributed by atoms with van der Waals surface area (Å²) in [5.74, 6) is 0.175. The molecule has 16 heavy (non-hydrogen) atoms. The maximum atomic E-state index is 11.6. The molecule has 94 valence electrons. The van der Waals surface area contributed by atoms with Gasteiger partial charge < -0.3 is 10.4 Å². The predicted octanol–water partition coefficient (Wildman–Crippen LogP) is 1.04. The van der Waals surface area contributed by atoms with Crippen LogP contribution in [0.15, 0.2) is 0 Å². The van der Waals surface area contributed by atoms with Crippen molar-refractivity contribution in [3.05, 3.63) is 0 Å². The van der Waals surface area contributed by atoms with Gasteiger partial charge in [-0.3, -0.25) is 9.59 Å². The van der Waals surface area contributed by atoms with E-state index < -0.39 is 6.10 Å². The Morgan fingerprint density at radius 1 is 1.31 bits per heavy atom. The number of carbonyl (C=O) groups is 2.